The van der Waals surface area contributed by atoms with Gasteiger partial charge in [0.1, 0.15) is 0 Å². The van der Waals surface area contributed by atoms with Gasteiger partial charge in [-0.15, -0.1) is 0 Å². The number of rotatable bonds is 0. The van der Waals surface area contributed by atoms with Gasteiger partial charge < -0.3 is 0 Å². The van der Waals surface area contributed by atoms with E-state index in [9.17, 15) is 0 Å². The summed E-state index contributed by atoms with van der Waals surface area (Å²) in [4.78, 5) is 3.88. The predicted octanol–water partition coefficient (Wildman–Crippen LogP) is 0.316. The molecule has 1 rings (SSSR count). The molecule has 0 amide bonds. The van der Waals surface area contributed by atoms with E-state index >= 15 is 0 Å². The molecule has 0 aromatic carbocycles. The van der Waals surface area contributed by atoms with E-state index in [2.05, 4.69) is 20.6 Å². The van der Waals surface area contributed by atoms with Gasteiger partial charge in [-0.25, -0.2) is 0 Å². The first kappa shape index (κ1) is 4.95. The Bertz CT molecular complexity index is 135. The maximum absolute atomic E-state index is 3.88. The second-order valence-corrected chi connectivity index (χ2v) is 2.43. The summed E-state index contributed by atoms with van der Waals surface area (Å²) < 4.78 is 1.21. The van der Waals surface area contributed by atoms with Crippen molar-refractivity contribution in [2.75, 3.05) is 0 Å². The van der Waals surface area contributed by atoms with E-state index in [4.69, 9.17) is 0 Å². The second kappa shape index (κ2) is 2.20. The summed E-state index contributed by atoms with van der Waals surface area (Å²) in [5.74, 6) is 0. The Kier molecular flexibility index (Phi) is 1.55. The molecule has 1 heterocycles. The third kappa shape index (κ3) is 1.38. The van der Waals surface area contributed by atoms with Crippen molar-refractivity contribution >= 4 is 26.2 Å². The molecule has 1 aliphatic heterocycles. The first-order valence-corrected chi connectivity index (χ1v) is 2.96. The molecule has 0 saturated heterocycles. The average Bonchev–Trinajstić information content (AvgIpc) is 1.69. The van der Waals surface area contributed by atoms with E-state index < -0.39 is 0 Å². The van der Waals surface area contributed by atoms with E-state index in [1.54, 1.807) is 6.20 Å². The van der Waals surface area contributed by atoms with Crippen molar-refractivity contribution in [3.05, 3.63) is 12.3 Å². The first-order valence-electron chi connectivity index (χ1n) is 2.10. The van der Waals surface area contributed by atoms with Crippen molar-refractivity contribution < 1.29 is 0 Å². The molecule has 0 bridgehead atoms. The van der Waals surface area contributed by atoms with Crippen LogP contribution in [0.15, 0.2) is 17.3 Å². The van der Waals surface area contributed by atoms with Crippen LogP contribution in [0.1, 0.15) is 6.42 Å². The molecule has 7 heavy (non-hydrogen) atoms. The summed E-state index contributed by atoms with van der Waals surface area (Å²) in [5, 5.41) is 0. The van der Waals surface area contributed by atoms with Crippen molar-refractivity contribution in [1.82, 2.24) is 0 Å². The molecule has 2 heteroatoms. The molecule has 0 N–H and O–H groups in total. The second-order valence-electron chi connectivity index (χ2n) is 1.33. The van der Waals surface area contributed by atoms with Crippen LogP contribution in [0.2, 0.25) is 0 Å². The standard InChI is InChI=1S/C5H5NSe/c7-5-2-1-3-6-4-5/h1,3-4H,2H2. The molecule has 0 aliphatic carbocycles. The third-order valence-electron chi connectivity index (χ3n) is 0.729. The zero-order valence-corrected chi connectivity index (χ0v) is 5.51. The molecule has 0 spiro atoms. The number of hydrogen-bond donors (Lipinski definition) is 0. The van der Waals surface area contributed by atoms with Crippen LogP contribution in [-0.2, 0) is 0 Å². The van der Waals surface area contributed by atoms with Gasteiger partial charge in [-0.3, -0.25) is 0 Å². The van der Waals surface area contributed by atoms with E-state index in [0.717, 1.165) is 6.42 Å². The monoisotopic (exact) mass is 159 g/mol. The van der Waals surface area contributed by atoms with E-state index in [1.807, 2.05) is 12.3 Å². The normalized spacial score (nSPS) is 18.0. The Morgan fingerprint density at radius 3 is 2.86 bits per heavy atom. The predicted molar refractivity (Wildman–Crippen MR) is 33.0 cm³/mol. The Hall–Kier alpha value is -0.201. The summed E-state index contributed by atoms with van der Waals surface area (Å²) in [6.45, 7) is 0. The molecule has 36 valence electrons. The fourth-order valence-electron chi connectivity index (χ4n) is 0.409. The van der Waals surface area contributed by atoms with Crippen LogP contribution in [0.25, 0.3) is 0 Å². The molecule has 0 unspecified atom stereocenters. The summed E-state index contributed by atoms with van der Waals surface area (Å²) in [5.41, 5.74) is 0. The van der Waals surface area contributed by atoms with E-state index in [-0.39, 0.29) is 0 Å². The Morgan fingerprint density at radius 1 is 1.71 bits per heavy atom. The van der Waals surface area contributed by atoms with Gasteiger partial charge in [0.05, 0.1) is 0 Å². The molecule has 0 aromatic heterocycles. The molecule has 0 saturated carbocycles. The molecule has 0 radical (unpaired) electrons. The zero-order chi connectivity index (χ0) is 5.11. The zero-order valence-electron chi connectivity index (χ0n) is 3.79. The topological polar surface area (TPSA) is 12.4 Å². The van der Waals surface area contributed by atoms with E-state index in [0.29, 0.717) is 0 Å². The van der Waals surface area contributed by atoms with Gasteiger partial charge in [0, 0.05) is 0 Å². The summed E-state index contributed by atoms with van der Waals surface area (Å²) in [6, 6.07) is 0. The molecule has 1 nitrogen and oxygen atoms in total. The SMILES string of the molecule is [Se]=C1C=NC=CC1. The Labute approximate surface area is 50.5 Å². The van der Waals surface area contributed by atoms with Crippen LogP contribution in [-0.4, -0.2) is 26.2 Å². The molecular weight excluding hydrogens is 153 g/mol. The van der Waals surface area contributed by atoms with Gasteiger partial charge >= 0.3 is 49.9 Å². The van der Waals surface area contributed by atoms with Crippen LogP contribution in [0.3, 0.4) is 0 Å². The Balaban J connectivity index is 2.66. The van der Waals surface area contributed by atoms with Gasteiger partial charge in [-0.05, 0) is 0 Å². The van der Waals surface area contributed by atoms with Crippen LogP contribution >= 0.6 is 0 Å². The van der Waals surface area contributed by atoms with Crippen molar-refractivity contribution in [3.63, 3.8) is 0 Å². The van der Waals surface area contributed by atoms with Crippen LogP contribution < -0.4 is 0 Å². The van der Waals surface area contributed by atoms with Gasteiger partial charge in [-0.2, -0.15) is 0 Å². The van der Waals surface area contributed by atoms with Crippen molar-refractivity contribution in [2.24, 2.45) is 4.99 Å². The average molecular weight is 158 g/mol. The molecule has 0 aromatic rings. The summed E-state index contributed by atoms with van der Waals surface area (Å²) in [6.07, 6.45) is 6.68. The fraction of sp³-hybridized carbons (Fsp3) is 0.200. The Morgan fingerprint density at radius 2 is 2.57 bits per heavy atom. The molecule has 0 fully saturated rings. The third-order valence-corrected chi connectivity index (χ3v) is 1.30. The molecule has 1 aliphatic rings. The van der Waals surface area contributed by atoms with Gasteiger partial charge in [0.2, 0.25) is 0 Å². The van der Waals surface area contributed by atoms with Gasteiger partial charge in [0.25, 0.3) is 0 Å². The van der Waals surface area contributed by atoms with Crippen LogP contribution in [0.4, 0.5) is 0 Å². The molecule has 0 atom stereocenters. The molecular formula is C5H5NSe. The van der Waals surface area contributed by atoms with Gasteiger partial charge in [0.15, 0.2) is 0 Å². The van der Waals surface area contributed by atoms with Crippen molar-refractivity contribution in [3.8, 4) is 0 Å². The minimum atomic E-state index is 1.02. The van der Waals surface area contributed by atoms with E-state index in [1.165, 1.54) is 4.42 Å². The number of aliphatic imine (C=N–C) groups is 1. The quantitative estimate of drug-likeness (QED) is 0.450. The van der Waals surface area contributed by atoms with Crippen molar-refractivity contribution in [2.45, 2.75) is 6.42 Å². The van der Waals surface area contributed by atoms with Crippen molar-refractivity contribution in [1.29, 1.82) is 0 Å². The first-order chi connectivity index (χ1) is 3.39. The fourth-order valence-corrected chi connectivity index (χ4v) is 0.738. The maximum atomic E-state index is 3.88. The van der Waals surface area contributed by atoms with Crippen LogP contribution in [0.5, 0.6) is 0 Å². The minimum absolute atomic E-state index is 1.02. The number of nitrogens with zero attached hydrogens (tertiary/aromatic N) is 1. The van der Waals surface area contributed by atoms with Gasteiger partial charge in [-0.1, -0.05) is 0 Å². The number of hydrogen-bond acceptors (Lipinski definition) is 1. The summed E-state index contributed by atoms with van der Waals surface area (Å²) >= 11 is 2.90. The number of allylic oxidation sites excluding steroid dienone is 1. The van der Waals surface area contributed by atoms with Crippen LogP contribution in [0, 0.1) is 0 Å². The summed E-state index contributed by atoms with van der Waals surface area (Å²) in [7, 11) is 0.